The number of aromatic nitrogens is 2. The van der Waals surface area contributed by atoms with Crippen molar-refractivity contribution in [3.05, 3.63) is 11.8 Å². The summed E-state index contributed by atoms with van der Waals surface area (Å²) in [7, 11) is 1.49. The molecule has 1 unspecified atom stereocenters. The molecule has 1 aromatic heterocycles. The Kier molecular flexibility index (Phi) is 4.32. The van der Waals surface area contributed by atoms with Crippen LogP contribution in [0.25, 0.3) is 0 Å². The summed E-state index contributed by atoms with van der Waals surface area (Å²) in [4.78, 5) is 9.36. The zero-order valence-electron chi connectivity index (χ0n) is 11.4. The number of hydrogen-bond donors (Lipinski definition) is 1. The summed E-state index contributed by atoms with van der Waals surface area (Å²) < 4.78 is 44.0. The number of alkyl halides is 3. The van der Waals surface area contributed by atoms with Crippen molar-refractivity contribution >= 4 is 11.8 Å². The highest BCUT2D eigenvalue weighted by atomic mass is 19.4. The quantitative estimate of drug-likeness (QED) is 0.924. The molecule has 2 rings (SSSR count). The first kappa shape index (κ1) is 14.8. The van der Waals surface area contributed by atoms with Gasteiger partial charge in [0.25, 0.3) is 0 Å². The Hall–Kier alpha value is -1.57. The van der Waals surface area contributed by atoms with E-state index >= 15 is 0 Å². The maximum atomic E-state index is 12.8. The first-order valence-corrected chi connectivity index (χ1v) is 6.44. The first-order chi connectivity index (χ1) is 9.44. The van der Waals surface area contributed by atoms with E-state index in [0.717, 1.165) is 12.5 Å². The highest BCUT2D eigenvalue weighted by molar-refractivity contribution is 5.45. The van der Waals surface area contributed by atoms with E-state index in [0.29, 0.717) is 19.7 Å². The lowest BCUT2D eigenvalue weighted by atomic mass is 10.2. The molecule has 1 aromatic rings. The van der Waals surface area contributed by atoms with Crippen molar-refractivity contribution in [2.75, 3.05) is 37.0 Å². The second kappa shape index (κ2) is 5.82. The fourth-order valence-electron chi connectivity index (χ4n) is 2.03. The minimum absolute atomic E-state index is 0.0195. The Balaban J connectivity index is 2.30. The van der Waals surface area contributed by atoms with E-state index in [4.69, 9.17) is 4.74 Å². The molecule has 1 fully saturated rings. The van der Waals surface area contributed by atoms with Gasteiger partial charge in [-0.05, 0) is 6.42 Å². The van der Waals surface area contributed by atoms with Crippen LogP contribution >= 0.6 is 0 Å². The van der Waals surface area contributed by atoms with Crippen molar-refractivity contribution < 1.29 is 17.9 Å². The lowest BCUT2D eigenvalue weighted by Crippen LogP contribution is -2.42. The smallest absolute Gasteiger partial charge is 0.375 e. The zero-order chi connectivity index (χ0) is 14.8. The second-order valence-corrected chi connectivity index (χ2v) is 4.53. The van der Waals surface area contributed by atoms with Crippen molar-refractivity contribution in [3.63, 3.8) is 0 Å². The molecule has 0 radical (unpaired) electrons. The minimum atomic E-state index is -4.49. The molecule has 0 spiro atoms. The van der Waals surface area contributed by atoms with Gasteiger partial charge in [0, 0.05) is 26.2 Å². The van der Waals surface area contributed by atoms with E-state index in [9.17, 15) is 13.2 Å². The molecule has 1 N–H and O–H groups in total. The number of rotatable bonds is 3. The minimum Gasteiger partial charge on any atom is -0.375 e. The molecular formula is C12H17F3N4O. The molecule has 8 heteroatoms. The van der Waals surface area contributed by atoms with E-state index in [2.05, 4.69) is 15.3 Å². The van der Waals surface area contributed by atoms with Gasteiger partial charge in [-0.3, -0.25) is 0 Å². The van der Waals surface area contributed by atoms with E-state index in [-0.39, 0.29) is 17.9 Å². The third kappa shape index (κ3) is 3.30. The average Bonchev–Trinajstić information content (AvgIpc) is 2.46. The van der Waals surface area contributed by atoms with E-state index < -0.39 is 11.9 Å². The summed E-state index contributed by atoms with van der Waals surface area (Å²) >= 11 is 0. The lowest BCUT2D eigenvalue weighted by molar-refractivity contribution is -0.141. The predicted molar refractivity (Wildman–Crippen MR) is 68.8 cm³/mol. The van der Waals surface area contributed by atoms with Gasteiger partial charge in [-0.1, -0.05) is 6.92 Å². The molecule has 0 aromatic carbocycles. The van der Waals surface area contributed by atoms with Crippen LogP contribution in [0.3, 0.4) is 0 Å². The van der Waals surface area contributed by atoms with Gasteiger partial charge in [-0.15, -0.1) is 0 Å². The lowest BCUT2D eigenvalue weighted by Gasteiger charge is -2.33. The van der Waals surface area contributed by atoms with Gasteiger partial charge in [0.05, 0.1) is 12.7 Å². The van der Waals surface area contributed by atoms with Gasteiger partial charge in [-0.25, -0.2) is 4.98 Å². The largest absolute Gasteiger partial charge is 0.433 e. The van der Waals surface area contributed by atoms with Crippen LogP contribution in [0.15, 0.2) is 6.07 Å². The summed E-state index contributed by atoms with van der Waals surface area (Å²) in [6.07, 6.45) is -3.65. The summed E-state index contributed by atoms with van der Waals surface area (Å²) in [6, 6.07) is 0.985. The van der Waals surface area contributed by atoms with Gasteiger partial charge in [0.15, 0.2) is 5.69 Å². The van der Waals surface area contributed by atoms with Crippen molar-refractivity contribution in [1.82, 2.24) is 9.97 Å². The second-order valence-electron chi connectivity index (χ2n) is 4.53. The molecule has 0 amide bonds. The van der Waals surface area contributed by atoms with Crippen LogP contribution in [0.2, 0.25) is 0 Å². The van der Waals surface area contributed by atoms with Gasteiger partial charge in [0.2, 0.25) is 5.95 Å². The van der Waals surface area contributed by atoms with E-state index in [1.807, 2.05) is 6.92 Å². The van der Waals surface area contributed by atoms with Gasteiger partial charge in [0.1, 0.15) is 5.82 Å². The third-order valence-electron chi connectivity index (χ3n) is 3.14. The number of anilines is 2. The Bertz CT molecular complexity index is 467. The predicted octanol–water partition coefficient (Wildman–Crippen LogP) is 2.15. The topological polar surface area (TPSA) is 50.3 Å². The Morgan fingerprint density at radius 2 is 2.20 bits per heavy atom. The van der Waals surface area contributed by atoms with Gasteiger partial charge in [-0.2, -0.15) is 18.2 Å². The van der Waals surface area contributed by atoms with Gasteiger partial charge < -0.3 is 15.0 Å². The Morgan fingerprint density at radius 3 is 2.80 bits per heavy atom. The molecule has 112 valence electrons. The first-order valence-electron chi connectivity index (χ1n) is 6.44. The van der Waals surface area contributed by atoms with Crippen molar-refractivity contribution in [1.29, 1.82) is 0 Å². The molecule has 0 saturated carbocycles. The average molecular weight is 290 g/mol. The highest BCUT2D eigenvalue weighted by Crippen LogP contribution is 2.31. The third-order valence-corrected chi connectivity index (χ3v) is 3.14. The van der Waals surface area contributed by atoms with Crippen LogP contribution in [-0.2, 0) is 10.9 Å². The summed E-state index contributed by atoms with van der Waals surface area (Å²) in [5.74, 6) is 0.243. The summed E-state index contributed by atoms with van der Waals surface area (Å²) in [5, 5.41) is 2.56. The van der Waals surface area contributed by atoms with Gasteiger partial charge >= 0.3 is 6.18 Å². The van der Waals surface area contributed by atoms with Crippen LogP contribution < -0.4 is 10.2 Å². The molecule has 1 atom stereocenters. The fourth-order valence-corrected chi connectivity index (χ4v) is 2.03. The number of nitrogens with zero attached hydrogens (tertiary/aromatic N) is 3. The molecule has 1 aliphatic rings. The molecule has 1 aliphatic heterocycles. The Morgan fingerprint density at radius 1 is 1.45 bits per heavy atom. The van der Waals surface area contributed by atoms with E-state index in [1.54, 1.807) is 4.90 Å². The molecule has 0 aliphatic carbocycles. The Labute approximate surface area is 115 Å². The zero-order valence-corrected chi connectivity index (χ0v) is 11.4. The maximum absolute atomic E-state index is 12.8. The number of nitrogens with one attached hydrogen (secondary N) is 1. The van der Waals surface area contributed by atoms with Crippen LogP contribution in [0.4, 0.5) is 24.9 Å². The number of hydrogen-bond acceptors (Lipinski definition) is 5. The fraction of sp³-hybridized carbons (Fsp3) is 0.667. The maximum Gasteiger partial charge on any atom is 0.433 e. The molecule has 20 heavy (non-hydrogen) atoms. The number of halogens is 3. The molecule has 1 saturated heterocycles. The van der Waals surface area contributed by atoms with Crippen LogP contribution in [-0.4, -0.2) is 42.8 Å². The number of ether oxygens (including phenoxy) is 1. The molecular weight excluding hydrogens is 273 g/mol. The van der Waals surface area contributed by atoms with Crippen molar-refractivity contribution in [3.8, 4) is 0 Å². The van der Waals surface area contributed by atoms with E-state index in [1.165, 1.54) is 7.05 Å². The van der Waals surface area contributed by atoms with Crippen LogP contribution in [0.5, 0.6) is 0 Å². The molecule has 5 nitrogen and oxygen atoms in total. The summed E-state index contributed by atoms with van der Waals surface area (Å²) in [5.41, 5.74) is -0.939. The normalized spacial score (nSPS) is 20.1. The molecule has 0 bridgehead atoms. The summed E-state index contributed by atoms with van der Waals surface area (Å²) in [6.45, 7) is 3.52. The van der Waals surface area contributed by atoms with Crippen molar-refractivity contribution in [2.24, 2.45) is 0 Å². The molecule has 2 heterocycles. The monoisotopic (exact) mass is 290 g/mol. The van der Waals surface area contributed by atoms with Crippen molar-refractivity contribution in [2.45, 2.75) is 25.6 Å². The van der Waals surface area contributed by atoms with Crippen LogP contribution in [0.1, 0.15) is 19.0 Å². The SMILES string of the molecule is CCC1CN(c2cc(C(F)(F)F)nc(NC)n2)CCO1. The number of morpholine rings is 1. The highest BCUT2D eigenvalue weighted by Gasteiger charge is 2.34. The van der Waals surface area contributed by atoms with Crippen LogP contribution in [0, 0.1) is 0 Å². The standard InChI is InChI=1S/C12H17F3N4O/c1-3-8-7-19(4-5-20-8)10-6-9(12(13,14)15)17-11(16-2)18-10/h6,8H,3-5,7H2,1-2H3,(H,16,17,18).